The van der Waals surface area contributed by atoms with E-state index in [0.717, 1.165) is 22.0 Å². The number of carbonyl (C=O) groups excluding carboxylic acids is 1. The van der Waals surface area contributed by atoms with Crippen molar-refractivity contribution < 1.29 is 9.53 Å². The molecule has 1 heterocycles. The zero-order chi connectivity index (χ0) is 14.7. The maximum Gasteiger partial charge on any atom is 0.338 e. The molecule has 21 heavy (non-hydrogen) atoms. The van der Waals surface area contributed by atoms with Gasteiger partial charge in [0.25, 0.3) is 0 Å². The quantitative estimate of drug-likeness (QED) is 0.681. The van der Waals surface area contributed by atoms with Crippen LogP contribution in [0.4, 0.5) is 0 Å². The zero-order valence-electron chi connectivity index (χ0n) is 11.7. The molecule has 0 bridgehead atoms. The number of aryl methyl sites for hydroxylation is 1. The second kappa shape index (κ2) is 5.75. The summed E-state index contributed by atoms with van der Waals surface area (Å²) in [7, 11) is 0. The van der Waals surface area contributed by atoms with E-state index in [0.29, 0.717) is 5.56 Å². The van der Waals surface area contributed by atoms with Crippen LogP contribution in [-0.4, -0.2) is 11.0 Å². The van der Waals surface area contributed by atoms with E-state index in [1.54, 1.807) is 12.3 Å². The van der Waals surface area contributed by atoms with E-state index in [-0.39, 0.29) is 12.6 Å². The maximum atomic E-state index is 12.1. The third-order valence-electron chi connectivity index (χ3n) is 3.33. The molecule has 0 radical (unpaired) electrons. The Kier molecular flexibility index (Phi) is 3.65. The Hall–Kier alpha value is -2.68. The summed E-state index contributed by atoms with van der Waals surface area (Å²) in [5, 5.41) is 1.04. The van der Waals surface area contributed by atoms with E-state index in [2.05, 4.69) is 4.98 Å². The van der Waals surface area contributed by atoms with Crippen LogP contribution in [0.2, 0.25) is 0 Å². The number of ether oxygens (including phenoxy) is 1. The van der Waals surface area contributed by atoms with Crippen molar-refractivity contribution in [1.29, 1.82) is 0 Å². The number of hydrogen-bond acceptors (Lipinski definition) is 3. The molecule has 0 N–H and O–H groups in total. The Balaban J connectivity index is 1.79. The number of carbonyl (C=O) groups is 1. The maximum absolute atomic E-state index is 12.1. The van der Waals surface area contributed by atoms with Gasteiger partial charge in [0, 0.05) is 17.1 Å². The average Bonchev–Trinajstić information content (AvgIpc) is 2.52. The number of esters is 1. The molecular formula is C18H15NO2. The number of nitrogens with zero attached hydrogens (tertiary/aromatic N) is 1. The summed E-state index contributed by atoms with van der Waals surface area (Å²) in [6.07, 6.45) is 1.74. The smallest absolute Gasteiger partial charge is 0.338 e. The minimum Gasteiger partial charge on any atom is -0.457 e. The van der Waals surface area contributed by atoms with Crippen LogP contribution >= 0.6 is 0 Å². The largest absolute Gasteiger partial charge is 0.457 e. The van der Waals surface area contributed by atoms with E-state index >= 15 is 0 Å². The molecule has 0 saturated carbocycles. The first-order valence-electron chi connectivity index (χ1n) is 6.80. The summed E-state index contributed by atoms with van der Waals surface area (Å²) in [6.45, 7) is 2.17. The first-order chi connectivity index (χ1) is 10.2. The van der Waals surface area contributed by atoms with Gasteiger partial charge in [0.05, 0.1) is 11.1 Å². The number of fused-ring (bicyclic) bond motifs is 1. The topological polar surface area (TPSA) is 39.2 Å². The molecule has 3 rings (SSSR count). The summed E-state index contributed by atoms with van der Waals surface area (Å²) >= 11 is 0. The lowest BCUT2D eigenvalue weighted by molar-refractivity contribution is 0.0474. The number of aromatic nitrogens is 1. The van der Waals surface area contributed by atoms with Crippen LogP contribution in [0, 0.1) is 6.92 Å². The van der Waals surface area contributed by atoms with Gasteiger partial charge in [-0.05, 0) is 25.1 Å². The molecule has 0 aliphatic heterocycles. The fourth-order valence-electron chi connectivity index (χ4n) is 2.28. The highest BCUT2D eigenvalue weighted by atomic mass is 16.5. The van der Waals surface area contributed by atoms with Gasteiger partial charge in [-0.3, -0.25) is 4.98 Å². The minimum atomic E-state index is -0.313. The Morgan fingerprint density at radius 3 is 2.76 bits per heavy atom. The molecule has 3 aromatic rings. The molecule has 0 aliphatic rings. The van der Waals surface area contributed by atoms with Crippen LogP contribution in [-0.2, 0) is 11.3 Å². The lowest BCUT2D eigenvalue weighted by Crippen LogP contribution is -2.06. The minimum absolute atomic E-state index is 0.223. The highest BCUT2D eigenvalue weighted by Gasteiger charge is 2.09. The first kappa shape index (κ1) is 13.3. The monoisotopic (exact) mass is 277 g/mol. The van der Waals surface area contributed by atoms with Gasteiger partial charge >= 0.3 is 5.97 Å². The highest BCUT2D eigenvalue weighted by molar-refractivity contribution is 5.90. The molecule has 0 fully saturated rings. The Morgan fingerprint density at radius 1 is 1.10 bits per heavy atom. The first-order valence-corrected chi connectivity index (χ1v) is 6.80. The van der Waals surface area contributed by atoms with Gasteiger partial charge in [0.1, 0.15) is 6.61 Å². The summed E-state index contributed by atoms with van der Waals surface area (Å²) in [5.41, 5.74) is 3.39. The molecule has 0 amide bonds. The third-order valence-corrected chi connectivity index (χ3v) is 3.33. The van der Waals surface area contributed by atoms with Crippen molar-refractivity contribution in [2.75, 3.05) is 0 Å². The van der Waals surface area contributed by atoms with Gasteiger partial charge in [0.2, 0.25) is 0 Å². The average molecular weight is 277 g/mol. The molecule has 1 aromatic heterocycles. The van der Waals surface area contributed by atoms with Crippen LogP contribution in [0.15, 0.2) is 60.8 Å². The molecule has 0 aliphatic carbocycles. The van der Waals surface area contributed by atoms with Crippen LogP contribution in [0.3, 0.4) is 0 Å². The van der Waals surface area contributed by atoms with Crippen molar-refractivity contribution in [2.24, 2.45) is 0 Å². The second-order valence-corrected chi connectivity index (χ2v) is 4.94. The zero-order valence-corrected chi connectivity index (χ0v) is 11.7. The Bertz CT molecular complexity index is 791. The van der Waals surface area contributed by atoms with E-state index in [1.807, 2.05) is 55.5 Å². The summed E-state index contributed by atoms with van der Waals surface area (Å²) in [5.74, 6) is -0.313. The van der Waals surface area contributed by atoms with Crippen LogP contribution in [0.5, 0.6) is 0 Å². The van der Waals surface area contributed by atoms with Crippen LogP contribution in [0.25, 0.3) is 10.9 Å². The number of para-hydroxylation sites is 1. The molecule has 3 nitrogen and oxygen atoms in total. The predicted molar refractivity (Wildman–Crippen MR) is 82.0 cm³/mol. The molecule has 0 atom stereocenters. The lowest BCUT2D eigenvalue weighted by atomic mass is 10.1. The van der Waals surface area contributed by atoms with Crippen molar-refractivity contribution in [3.05, 3.63) is 77.5 Å². The van der Waals surface area contributed by atoms with Gasteiger partial charge in [-0.1, -0.05) is 42.0 Å². The Morgan fingerprint density at radius 2 is 1.90 bits per heavy atom. The number of hydrogen-bond donors (Lipinski definition) is 0. The molecule has 2 aromatic carbocycles. The Labute approximate surface area is 123 Å². The number of pyridine rings is 1. The van der Waals surface area contributed by atoms with Gasteiger partial charge in [-0.25, -0.2) is 4.79 Å². The molecule has 0 spiro atoms. The van der Waals surface area contributed by atoms with Crippen molar-refractivity contribution >= 4 is 16.9 Å². The third kappa shape index (κ3) is 2.92. The molecular weight excluding hydrogens is 262 g/mol. The predicted octanol–water partition coefficient (Wildman–Crippen LogP) is 3.90. The lowest BCUT2D eigenvalue weighted by Gasteiger charge is -2.07. The van der Waals surface area contributed by atoms with E-state index < -0.39 is 0 Å². The molecule has 0 saturated heterocycles. The highest BCUT2D eigenvalue weighted by Crippen LogP contribution is 2.17. The van der Waals surface area contributed by atoms with Crippen LogP contribution < -0.4 is 0 Å². The summed E-state index contributed by atoms with van der Waals surface area (Å²) in [6, 6.07) is 17.1. The summed E-state index contributed by atoms with van der Waals surface area (Å²) < 4.78 is 5.40. The normalized spacial score (nSPS) is 10.5. The summed E-state index contributed by atoms with van der Waals surface area (Å²) in [4.78, 5) is 16.4. The van der Waals surface area contributed by atoms with E-state index in [1.165, 1.54) is 0 Å². The van der Waals surface area contributed by atoms with E-state index in [4.69, 9.17) is 4.74 Å². The number of benzene rings is 2. The fourth-order valence-corrected chi connectivity index (χ4v) is 2.28. The van der Waals surface area contributed by atoms with Crippen LogP contribution in [0.1, 0.15) is 21.5 Å². The van der Waals surface area contributed by atoms with E-state index in [9.17, 15) is 4.79 Å². The molecule has 0 unspecified atom stereocenters. The standard InChI is InChI=1S/C18H15NO2/c1-13-5-2-7-15(11-13)18(20)21-12-16-8-3-6-14-9-4-10-19-17(14)16/h2-11H,12H2,1H3. The van der Waals surface area contributed by atoms with Crippen molar-refractivity contribution in [3.63, 3.8) is 0 Å². The number of rotatable bonds is 3. The molecule has 3 heteroatoms. The van der Waals surface area contributed by atoms with Gasteiger partial charge < -0.3 is 4.74 Å². The second-order valence-electron chi connectivity index (χ2n) is 4.94. The van der Waals surface area contributed by atoms with Gasteiger partial charge in [-0.2, -0.15) is 0 Å². The van der Waals surface area contributed by atoms with Gasteiger partial charge in [0.15, 0.2) is 0 Å². The van der Waals surface area contributed by atoms with Crippen molar-refractivity contribution in [1.82, 2.24) is 4.98 Å². The molecule has 104 valence electrons. The fraction of sp³-hybridized carbons (Fsp3) is 0.111. The SMILES string of the molecule is Cc1cccc(C(=O)OCc2cccc3cccnc23)c1. The van der Waals surface area contributed by atoms with Gasteiger partial charge in [-0.15, -0.1) is 0 Å². The van der Waals surface area contributed by atoms with Crippen molar-refractivity contribution in [2.45, 2.75) is 13.5 Å². The van der Waals surface area contributed by atoms with Crippen molar-refractivity contribution in [3.8, 4) is 0 Å².